The van der Waals surface area contributed by atoms with E-state index in [1.165, 1.54) is 0 Å². The molecule has 0 heterocycles. The zero-order valence-electron chi connectivity index (χ0n) is 2.16. The minimum Gasteiger partial charge on any atom is 0 e. The van der Waals surface area contributed by atoms with Crippen molar-refractivity contribution in [2.24, 2.45) is 0 Å². The third-order valence-electron chi connectivity index (χ3n) is 0. The van der Waals surface area contributed by atoms with Crippen LogP contribution < -0.4 is 0 Å². The van der Waals surface area contributed by atoms with Crippen LogP contribution >= 0.6 is 0 Å². The number of hydrogen-bond acceptors (Lipinski definition) is 0. The van der Waals surface area contributed by atoms with Crippen LogP contribution in [0.5, 0.6) is 0 Å². The van der Waals surface area contributed by atoms with Crippen LogP contribution in [0.4, 0.5) is 0 Å². The molecule has 0 aliphatic rings. The molecule has 0 saturated heterocycles. The van der Waals surface area contributed by atoms with Crippen molar-refractivity contribution in [3.8, 4) is 0 Å². The molecular formula is AuNaSbSe. The van der Waals surface area contributed by atoms with Gasteiger partial charge in [0.05, 0.1) is 0 Å². The van der Waals surface area contributed by atoms with E-state index in [4.69, 9.17) is 0 Å². The van der Waals surface area contributed by atoms with Crippen LogP contribution in [-0.4, -0.2) is 71.1 Å². The van der Waals surface area contributed by atoms with Crippen molar-refractivity contribution in [2.45, 2.75) is 0 Å². The summed E-state index contributed by atoms with van der Waals surface area (Å²) in [6.45, 7) is 0. The Morgan fingerprint density at radius 2 is 1.00 bits per heavy atom. The van der Waals surface area contributed by atoms with Crippen molar-refractivity contribution in [3.05, 3.63) is 0 Å². The van der Waals surface area contributed by atoms with E-state index >= 15 is 0 Å². The van der Waals surface area contributed by atoms with Gasteiger partial charge in [-0.2, -0.15) is 0 Å². The largest absolute Gasteiger partial charge is 0 e. The summed E-state index contributed by atoms with van der Waals surface area (Å²) in [6, 6.07) is 0. The van der Waals surface area contributed by atoms with Gasteiger partial charge >= 0.3 is 0 Å². The van der Waals surface area contributed by atoms with E-state index in [1.807, 2.05) is 0 Å². The Bertz CT molecular complexity index is 8.00. The van der Waals surface area contributed by atoms with Crippen LogP contribution in [-0.2, 0) is 22.4 Å². The van der Waals surface area contributed by atoms with Crippen LogP contribution in [0, 0.1) is 0 Å². The van der Waals surface area contributed by atoms with Crippen molar-refractivity contribution < 1.29 is 22.4 Å². The Labute approximate surface area is 91.6 Å². The fourth-order valence-electron chi connectivity index (χ4n) is 0. The first-order chi connectivity index (χ1) is 0. The molecule has 0 unspecified atom stereocenters. The summed E-state index contributed by atoms with van der Waals surface area (Å²) in [4.78, 5) is 0. The molecular weight excluding hydrogens is 421 g/mol. The van der Waals surface area contributed by atoms with Crippen LogP contribution in [0.15, 0.2) is 0 Å². The first kappa shape index (κ1) is 27.6. The standard InChI is InChI=1S/Au.Na.Sb.Se. The smallest absolute Gasteiger partial charge is 0 e. The maximum Gasteiger partial charge on any atom is 0 e. The first-order valence-corrected chi connectivity index (χ1v) is 0. The van der Waals surface area contributed by atoms with Crippen molar-refractivity contribution >= 4 is 71.1 Å². The normalized spacial score (nSPS) is 0. The number of hydrogen-bond donors (Lipinski definition) is 0. The van der Waals surface area contributed by atoms with E-state index < -0.39 is 0 Å². The topological polar surface area (TPSA) is 0 Å². The maximum absolute atomic E-state index is 0. The van der Waals surface area contributed by atoms with Gasteiger partial charge in [-0.15, -0.1) is 0 Å². The minimum absolute atomic E-state index is 0. The molecule has 0 N–H and O–H groups in total. The molecule has 0 fully saturated rings. The van der Waals surface area contributed by atoms with Gasteiger partial charge in [-0.05, 0) is 0 Å². The molecule has 0 saturated carbocycles. The van der Waals surface area contributed by atoms with Gasteiger partial charge in [-0.3, -0.25) is 0 Å². The molecule has 0 rings (SSSR count). The fraction of sp³-hybridized carbons (Fsp3) is 0. The molecule has 4 heteroatoms. The van der Waals surface area contributed by atoms with E-state index in [1.54, 1.807) is 0 Å². The molecule has 4 heavy (non-hydrogen) atoms. The van der Waals surface area contributed by atoms with Gasteiger partial charge in [-0.1, -0.05) is 0 Å². The minimum atomic E-state index is 0. The second-order valence-corrected chi connectivity index (χ2v) is 0. The third-order valence-corrected chi connectivity index (χ3v) is 0. The second kappa shape index (κ2) is 16.5. The SMILES string of the molecule is [Au].[Na].[Sb].[Se]. The monoisotopic (exact) mass is 421 g/mol. The molecule has 0 spiro atoms. The van der Waals surface area contributed by atoms with Crippen LogP contribution in [0.2, 0.25) is 0 Å². The summed E-state index contributed by atoms with van der Waals surface area (Å²) >= 11 is 0. The average molecular weight is 421 g/mol. The summed E-state index contributed by atoms with van der Waals surface area (Å²) in [6.07, 6.45) is 0. The summed E-state index contributed by atoms with van der Waals surface area (Å²) in [5, 5.41) is 0. The van der Waals surface area contributed by atoms with E-state index in [-0.39, 0.29) is 93.4 Å². The summed E-state index contributed by atoms with van der Waals surface area (Å²) in [7, 11) is 0. The first-order valence-electron chi connectivity index (χ1n) is 0. The van der Waals surface area contributed by atoms with Gasteiger partial charge < -0.3 is 0 Å². The Morgan fingerprint density at radius 3 is 1.00 bits per heavy atom. The van der Waals surface area contributed by atoms with Gasteiger partial charge in [0.1, 0.15) is 0 Å². The van der Waals surface area contributed by atoms with Gasteiger partial charge in [0, 0.05) is 93.4 Å². The molecule has 0 nitrogen and oxygen atoms in total. The molecule has 0 amide bonds. The van der Waals surface area contributed by atoms with E-state index in [2.05, 4.69) is 0 Å². The predicted octanol–water partition coefficient (Wildman–Crippen LogP) is -1.14. The maximum atomic E-state index is 0. The Kier molecular flexibility index (Phi) is 114. The van der Waals surface area contributed by atoms with Gasteiger partial charge in [0.15, 0.2) is 0 Å². The summed E-state index contributed by atoms with van der Waals surface area (Å²) in [5.41, 5.74) is 0. The van der Waals surface area contributed by atoms with Gasteiger partial charge in [-0.25, -0.2) is 0 Å². The molecule has 0 aromatic rings. The quantitative estimate of drug-likeness (QED) is 0.435. The van der Waals surface area contributed by atoms with Crippen LogP contribution in [0.3, 0.4) is 0 Å². The zero-order valence-corrected chi connectivity index (χ0v) is 10.6. The number of rotatable bonds is 0. The fourth-order valence-corrected chi connectivity index (χ4v) is 0. The van der Waals surface area contributed by atoms with Crippen molar-refractivity contribution in [2.75, 3.05) is 0 Å². The van der Waals surface area contributed by atoms with E-state index in [9.17, 15) is 0 Å². The predicted molar refractivity (Wildman–Crippen MR) is 17.3 cm³/mol. The molecule has 7 radical (unpaired) electrons. The zero-order chi connectivity index (χ0) is 0. The molecule has 23 valence electrons. The third kappa shape index (κ3) is 8.91. The van der Waals surface area contributed by atoms with Gasteiger partial charge in [0.25, 0.3) is 0 Å². The Hall–Kier alpha value is 3.08. The molecule has 0 bridgehead atoms. The second-order valence-electron chi connectivity index (χ2n) is 0. The van der Waals surface area contributed by atoms with Crippen LogP contribution in [0.1, 0.15) is 0 Å². The molecule has 0 aliphatic carbocycles. The summed E-state index contributed by atoms with van der Waals surface area (Å²) < 4.78 is 0. The van der Waals surface area contributed by atoms with Crippen LogP contribution in [0.25, 0.3) is 0 Å². The van der Waals surface area contributed by atoms with Crippen molar-refractivity contribution in [3.63, 3.8) is 0 Å². The van der Waals surface area contributed by atoms with Crippen molar-refractivity contribution in [1.29, 1.82) is 0 Å². The average Bonchev–Trinajstić information content (AvgIpc) is 0. The van der Waals surface area contributed by atoms with E-state index in [0.29, 0.717) is 0 Å². The molecule has 0 atom stereocenters. The molecule has 0 aromatic carbocycles. The van der Waals surface area contributed by atoms with Gasteiger partial charge in [0.2, 0.25) is 0 Å². The van der Waals surface area contributed by atoms with E-state index in [0.717, 1.165) is 0 Å². The molecule has 0 aromatic heterocycles. The molecule has 0 aliphatic heterocycles. The van der Waals surface area contributed by atoms with Crippen molar-refractivity contribution in [1.82, 2.24) is 0 Å². The summed E-state index contributed by atoms with van der Waals surface area (Å²) in [5.74, 6) is 0. The Morgan fingerprint density at radius 1 is 1.00 bits per heavy atom. The Balaban J connectivity index is 0.